The number of likely N-dealkylation sites (tertiary alicyclic amines) is 1. The highest BCUT2D eigenvalue weighted by molar-refractivity contribution is 5.23. The minimum atomic E-state index is -0.295. The van der Waals surface area contributed by atoms with Gasteiger partial charge in [0.15, 0.2) is 11.6 Å². The first-order valence-electron chi connectivity index (χ1n) is 8.64. The summed E-state index contributed by atoms with van der Waals surface area (Å²) in [6.45, 7) is 5.06. The first-order chi connectivity index (χ1) is 11.3. The topological polar surface area (TPSA) is 30.9 Å². The molecule has 1 aromatic rings. The van der Waals surface area contributed by atoms with Crippen molar-refractivity contribution in [3.63, 3.8) is 0 Å². The van der Waals surface area contributed by atoms with E-state index in [1.165, 1.54) is 6.07 Å². The van der Waals surface area contributed by atoms with E-state index in [9.17, 15) is 4.39 Å². The van der Waals surface area contributed by atoms with Crippen LogP contribution in [0.1, 0.15) is 25.7 Å². The Hall–Kier alpha value is -1.17. The van der Waals surface area contributed by atoms with Crippen LogP contribution in [0, 0.1) is 5.82 Å². The molecule has 0 atom stereocenters. The summed E-state index contributed by atoms with van der Waals surface area (Å²) in [5.41, 5.74) is 0. The quantitative estimate of drug-likeness (QED) is 0.805. The maximum Gasteiger partial charge on any atom is 0.165 e. The Labute approximate surface area is 137 Å². The Kier molecular flexibility index (Phi) is 6.25. The Morgan fingerprint density at radius 3 is 2.48 bits per heavy atom. The smallest absolute Gasteiger partial charge is 0.165 e. The van der Waals surface area contributed by atoms with Gasteiger partial charge in [-0.15, -0.1) is 0 Å². The monoisotopic (exact) mass is 323 g/mol. The maximum atomic E-state index is 13.5. The zero-order valence-corrected chi connectivity index (χ0v) is 13.6. The minimum absolute atomic E-state index is 0.295. The Morgan fingerprint density at radius 1 is 1.04 bits per heavy atom. The first kappa shape index (κ1) is 16.7. The van der Waals surface area contributed by atoms with Crippen molar-refractivity contribution < 1.29 is 18.6 Å². The Morgan fingerprint density at radius 2 is 1.74 bits per heavy atom. The second kappa shape index (κ2) is 8.62. The molecular formula is C18H26FNO3. The zero-order chi connectivity index (χ0) is 15.9. The van der Waals surface area contributed by atoms with Crippen LogP contribution in [0.15, 0.2) is 24.3 Å². The lowest BCUT2D eigenvalue weighted by atomic mass is 10.1. The number of hydrogen-bond donors (Lipinski definition) is 0. The summed E-state index contributed by atoms with van der Waals surface area (Å²) in [7, 11) is 0. The van der Waals surface area contributed by atoms with Gasteiger partial charge in [-0.1, -0.05) is 12.1 Å². The first-order valence-corrected chi connectivity index (χ1v) is 8.64. The van der Waals surface area contributed by atoms with Crippen LogP contribution in [0.3, 0.4) is 0 Å². The predicted octanol–water partition coefficient (Wildman–Crippen LogP) is 2.86. The summed E-state index contributed by atoms with van der Waals surface area (Å²) in [5.74, 6) is 0.0429. The van der Waals surface area contributed by atoms with Crippen molar-refractivity contribution in [2.45, 2.75) is 37.9 Å². The van der Waals surface area contributed by atoms with Gasteiger partial charge in [0.2, 0.25) is 0 Å². The lowest BCUT2D eigenvalue weighted by Crippen LogP contribution is -2.41. The van der Waals surface area contributed by atoms with Crippen LogP contribution in [-0.2, 0) is 9.47 Å². The summed E-state index contributed by atoms with van der Waals surface area (Å²) in [5, 5.41) is 0. The van der Waals surface area contributed by atoms with E-state index in [2.05, 4.69) is 4.90 Å². The van der Waals surface area contributed by atoms with Crippen molar-refractivity contribution in [2.24, 2.45) is 0 Å². The average Bonchev–Trinajstić information content (AvgIpc) is 2.59. The van der Waals surface area contributed by atoms with Gasteiger partial charge in [0.25, 0.3) is 0 Å². The molecule has 2 aliphatic heterocycles. The van der Waals surface area contributed by atoms with Crippen LogP contribution >= 0.6 is 0 Å². The predicted molar refractivity (Wildman–Crippen MR) is 86.3 cm³/mol. The minimum Gasteiger partial charge on any atom is -0.489 e. The molecule has 23 heavy (non-hydrogen) atoms. The number of ether oxygens (including phenoxy) is 3. The van der Waals surface area contributed by atoms with Gasteiger partial charge in [0.1, 0.15) is 6.61 Å². The third-order valence-electron chi connectivity index (χ3n) is 4.59. The van der Waals surface area contributed by atoms with Crippen molar-refractivity contribution in [3.05, 3.63) is 30.1 Å². The highest BCUT2D eigenvalue weighted by Gasteiger charge is 2.24. The highest BCUT2D eigenvalue weighted by atomic mass is 19.1. The van der Waals surface area contributed by atoms with Gasteiger partial charge in [-0.3, -0.25) is 4.90 Å². The molecule has 0 bridgehead atoms. The van der Waals surface area contributed by atoms with Gasteiger partial charge in [0, 0.05) is 32.8 Å². The number of benzene rings is 1. The molecule has 0 aromatic heterocycles. The number of piperidine rings is 1. The normalized spacial score (nSPS) is 21.4. The number of rotatable bonds is 6. The van der Waals surface area contributed by atoms with Crippen LogP contribution < -0.4 is 4.74 Å². The van der Waals surface area contributed by atoms with Crippen molar-refractivity contribution in [1.29, 1.82) is 0 Å². The molecular weight excluding hydrogens is 297 g/mol. The summed E-state index contributed by atoms with van der Waals surface area (Å²) in [6.07, 6.45) is 4.94. The fraction of sp³-hybridized carbons (Fsp3) is 0.667. The molecule has 5 heteroatoms. The summed E-state index contributed by atoms with van der Waals surface area (Å²) in [4.78, 5) is 2.37. The highest BCUT2D eigenvalue weighted by Crippen LogP contribution is 2.20. The fourth-order valence-corrected chi connectivity index (χ4v) is 3.20. The molecule has 2 saturated heterocycles. The van der Waals surface area contributed by atoms with Gasteiger partial charge in [0.05, 0.1) is 12.2 Å². The number of hydrogen-bond acceptors (Lipinski definition) is 4. The molecule has 2 aliphatic rings. The number of halogens is 1. The van der Waals surface area contributed by atoms with Gasteiger partial charge < -0.3 is 14.2 Å². The lowest BCUT2D eigenvalue weighted by Gasteiger charge is -2.34. The molecule has 0 aliphatic carbocycles. The molecule has 2 heterocycles. The summed E-state index contributed by atoms with van der Waals surface area (Å²) >= 11 is 0. The van der Waals surface area contributed by atoms with Gasteiger partial charge >= 0.3 is 0 Å². The number of para-hydroxylation sites is 1. The number of nitrogens with zero attached hydrogens (tertiary/aromatic N) is 1. The standard InChI is InChI=1S/C18H26FNO3/c19-17-3-1-2-4-18(17)22-14-11-20-9-5-15(6-10-20)23-16-7-12-21-13-8-16/h1-4,15-16H,5-14H2. The summed E-state index contributed by atoms with van der Waals surface area (Å²) < 4.78 is 30.5. The molecule has 1 aromatic carbocycles. The van der Waals surface area contributed by atoms with E-state index in [0.29, 0.717) is 24.6 Å². The second-order valence-electron chi connectivity index (χ2n) is 6.27. The third kappa shape index (κ3) is 5.16. The van der Waals surface area contributed by atoms with Crippen molar-refractivity contribution in [3.8, 4) is 5.75 Å². The van der Waals surface area contributed by atoms with E-state index < -0.39 is 0 Å². The van der Waals surface area contributed by atoms with E-state index in [0.717, 1.165) is 58.5 Å². The molecule has 0 N–H and O–H groups in total. The Bertz CT molecular complexity index is 471. The Balaban J connectivity index is 1.32. The van der Waals surface area contributed by atoms with E-state index in [-0.39, 0.29) is 5.82 Å². The third-order valence-corrected chi connectivity index (χ3v) is 4.59. The van der Waals surface area contributed by atoms with E-state index in [1.54, 1.807) is 18.2 Å². The van der Waals surface area contributed by atoms with E-state index >= 15 is 0 Å². The van der Waals surface area contributed by atoms with Crippen molar-refractivity contribution >= 4 is 0 Å². The molecule has 128 valence electrons. The molecule has 0 spiro atoms. The molecule has 0 saturated carbocycles. The average molecular weight is 323 g/mol. The molecule has 0 radical (unpaired) electrons. The van der Waals surface area contributed by atoms with Crippen LogP contribution in [-0.4, -0.2) is 56.6 Å². The molecule has 4 nitrogen and oxygen atoms in total. The van der Waals surface area contributed by atoms with Crippen LogP contribution in [0.25, 0.3) is 0 Å². The van der Waals surface area contributed by atoms with E-state index in [1.807, 2.05) is 0 Å². The van der Waals surface area contributed by atoms with Crippen LogP contribution in [0.5, 0.6) is 5.75 Å². The van der Waals surface area contributed by atoms with Crippen LogP contribution in [0.2, 0.25) is 0 Å². The molecule has 0 unspecified atom stereocenters. The fourth-order valence-electron chi connectivity index (χ4n) is 3.20. The van der Waals surface area contributed by atoms with Crippen molar-refractivity contribution in [2.75, 3.05) is 39.5 Å². The molecule has 2 fully saturated rings. The second-order valence-corrected chi connectivity index (χ2v) is 6.27. The van der Waals surface area contributed by atoms with Crippen molar-refractivity contribution in [1.82, 2.24) is 4.90 Å². The molecule has 3 rings (SSSR count). The van der Waals surface area contributed by atoms with Crippen LogP contribution in [0.4, 0.5) is 4.39 Å². The van der Waals surface area contributed by atoms with E-state index in [4.69, 9.17) is 14.2 Å². The van der Waals surface area contributed by atoms with Gasteiger partial charge in [-0.25, -0.2) is 4.39 Å². The SMILES string of the molecule is Fc1ccccc1OCCN1CCC(OC2CCOCC2)CC1. The van der Waals surface area contributed by atoms with Gasteiger partial charge in [-0.2, -0.15) is 0 Å². The summed E-state index contributed by atoms with van der Waals surface area (Å²) in [6, 6.07) is 6.56. The zero-order valence-electron chi connectivity index (χ0n) is 13.6. The largest absolute Gasteiger partial charge is 0.489 e. The lowest BCUT2D eigenvalue weighted by molar-refractivity contribution is -0.0850. The maximum absolute atomic E-state index is 13.5. The molecule has 0 amide bonds. The van der Waals surface area contributed by atoms with Gasteiger partial charge in [-0.05, 0) is 37.8 Å².